The zero-order valence-corrected chi connectivity index (χ0v) is 15.4. The van der Waals surface area contributed by atoms with Gasteiger partial charge in [0.05, 0.1) is 5.69 Å². The number of hydrogen-bond donors (Lipinski definition) is 2. The topological polar surface area (TPSA) is 98.8 Å². The molecule has 142 valence electrons. The van der Waals surface area contributed by atoms with E-state index in [0.29, 0.717) is 13.1 Å². The van der Waals surface area contributed by atoms with Crippen molar-refractivity contribution in [3.8, 4) is 11.3 Å². The van der Waals surface area contributed by atoms with Gasteiger partial charge in [0.2, 0.25) is 5.95 Å². The van der Waals surface area contributed by atoms with Crippen LogP contribution in [0.15, 0.2) is 24.3 Å². The van der Waals surface area contributed by atoms with Crippen molar-refractivity contribution in [2.45, 2.75) is 13.0 Å². The molecular weight excluding hydrogens is 344 g/mol. The first-order valence-corrected chi connectivity index (χ1v) is 9.18. The van der Waals surface area contributed by atoms with Crippen LogP contribution in [-0.4, -0.2) is 70.7 Å². The van der Waals surface area contributed by atoms with E-state index < -0.39 is 6.09 Å². The van der Waals surface area contributed by atoms with E-state index in [1.807, 2.05) is 18.2 Å². The summed E-state index contributed by atoms with van der Waals surface area (Å²) in [6, 6.07) is 8.10. The van der Waals surface area contributed by atoms with Gasteiger partial charge < -0.3 is 25.5 Å². The van der Waals surface area contributed by atoms with Crippen molar-refractivity contribution in [2.75, 3.05) is 50.4 Å². The maximum atomic E-state index is 11.3. The fraction of sp³-hybridized carbons (Fsp3) is 0.421. The van der Waals surface area contributed by atoms with Gasteiger partial charge in [0, 0.05) is 50.9 Å². The second-order valence-corrected chi connectivity index (χ2v) is 7.20. The Kier molecular flexibility index (Phi) is 4.57. The number of rotatable bonds is 2. The highest BCUT2D eigenvalue weighted by Gasteiger charge is 2.21. The van der Waals surface area contributed by atoms with Gasteiger partial charge in [0.15, 0.2) is 0 Å². The Bertz CT molecular complexity index is 863. The summed E-state index contributed by atoms with van der Waals surface area (Å²) >= 11 is 0. The predicted molar refractivity (Wildman–Crippen MR) is 104 cm³/mol. The Morgan fingerprint density at radius 2 is 1.85 bits per heavy atom. The van der Waals surface area contributed by atoms with Gasteiger partial charge in [0.1, 0.15) is 5.82 Å². The Morgan fingerprint density at radius 3 is 2.59 bits per heavy atom. The van der Waals surface area contributed by atoms with E-state index in [0.717, 1.165) is 55.2 Å². The van der Waals surface area contributed by atoms with Crippen molar-refractivity contribution < 1.29 is 9.90 Å². The number of likely N-dealkylation sites (N-methyl/N-ethyl adjacent to an activating group) is 1. The minimum Gasteiger partial charge on any atom is -0.465 e. The maximum Gasteiger partial charge on any atom is 0.407 e. The van der Waals surface area contributed by atoms with E-state index >= 15 is 0 Å². The highest BCUT2D eigenvalue weighted by atomic mass is 16.4. The van der Waals surface area contributed by atoms with Crippen LogP contribution in [-0.2, 0) is 13.0 Å². The average molecular weight is 368 g/mol. The fourth-order valence-electron chi connectivity index (χ4n) is 3.68. The lowest BCUT2D eigenvalue weighted by Crippen LogP contribution is -2.44. The third kappa shape index (κ3) is 3.66. The Labute approximate surface area is 158 Å². The van der Waals surface area contributed by atoms with Crippen molar-refractivity contribution in [1.82, 2.24) is 19.8 Å². The third-order valence-corrected chi connectivity index (χ3v) is 5.34. The van der Waals surface area contributed by atoms with Gasteiger partial charge in [-0.25, -0.2) is 9.78 Å². The molecule has 3 heterocycles. The van der Waals surface area contributed by atoms with E-state index in [4.69, 9.17) is 5.73 Å². The molecule has 4 rings (SSSR count). The highest BCUT2D eigenvalue weighted by molar-refractivity contribution is 5.68. The minimum atomic E-state index is -0.880. The quantitative estimate of drug-likeness (QED) is 0.829. The number of fused-ring (bicyclic) bond motifs is 1. The molecule has 2 aromatic rings. The zero-order chi connectivity index (χ0) is 19.0. The van der Waals surface area contributed by atoms with E-state index in [1.165, 1.54) is 10.5 Å². The Morgan fingerprint density at radius 1 is 1.07 bits per heavy atom. The Hall–Kier alpha value is -2.87. The van der Waals surface area contributed by atoms with E-state index in [9.17, 15) is 9.90 Å². The summed E-state index contributed by atoms with van der Waals surface area (Å²) in [7, 11) is 2.12. The Balaban J connectivity index is 1.64. The molecule has 0 atom stereocenters. The lowest BCUT2D eigenvalue weighted by atomic mass is 9.96. The minimum absolute atomic E-state index is 0.256. The molecule has 2 aliphatic rings. The van der Waals surface area contributed by atoms with Crippen LogP contribution in [0.4, 0.5) is 16.6 Å². The van der Waals surface area contributed by atoms with Gasteiger partial charge >= 0.3 is 6.09 Å². The van der Waals surface area contributed by atoms with Gasteiger partial charge in [-0.2, -0.15) is 4.98 Å². The largest absolute Gasteiger partial charge is 0.465 e. The number of nitrogens with zero attached hydrogens (tertiary/aromatic N) is 5. The molecule has 1 aromatic heterocycles. The van der Waals surface area contributed by atoms with Gasteiger partial charge in [0.25, 0.3) is 0 Å². The van der Waals surface area contributed by atoms with Gasteiger partial charge in [-0.15, -0.1) is 0 Å². The van der Waals surface area contributed by atoms with Crippen molar-refractivity contribution in [3.05, 3.63) is 35.4 Å². The summed E-state index contributed by atoms with van der Waals surface area (Å²) < 4.78 is 0. The molecule has 1 saturated heterocycles. The van der Waals surface area contributed by atoms with Crippen LogP contribution in [0.2, 0.25) is 0 Å². The molecule has 3 N–H and O–H groups in total. The first-order valence-electron chi connectivity index (χ1n) is 9.18. The molecule has 1 amide bonds. The molecule has 8 nitrogen and oxygen atoms in total. The molecular formula is C19H24N6O2. The SMILES string of the molecule is CN1CCN(c2cc(-c3ccc4c(c3)CN(C(=O)O)CC4)nc(N)n2)CC1. The molecule has 0 radical (unpaired) electrons. The van der Waals surface area contributed by atoms with Crippen LogP contribution in [0.3, 0.4) is 0 Å². The number of carbonyl (C=O) groups is 1. The summed E-state index contributed by atoms with van der Waals surface area (Å²) in [6.45, 7) is 4.74. The number of benzene rings is 1. The van der Waals surface area contributed by atoms with Crippen LogP contribution < -0.4 is 10.6 Å². The average Bonchev–Trinajstić information content (AvgIpc) is 2.67. The highest BCUT2D eigenvalue weighted by Crippen LogP contribution is 2.28. The summed E-state index contributed by atoms with van der Waals surface area (Å²) in [5.41, 5.74) is 9.91. The predicted octanol–water partition coefficient (Wildman–Crippen LogP) is 1.51. The number of anilines is 2. The second-order valence-electron chi connectivity index (χ2n) is 7.20. The first kappa shape index (κ1) is 17.5. The molecule has 0 aliphatic carbocycles. The normalized spacial score (nSPS) is 17.7. The van der Waals surface area contributed by atoms with E-state index in [2.05, 4.69) is 32.9 Å². The fourth-order valence-corrected chi connectivity index (χ4v) is 3.68. The van der Waals surface area contributed by atoms with Crippen LogP contribution in [0.1, 0.15) is 11.1 Å². The third-order valence-electron chi connectivity index (χ3n) is 5.34. The van der Waals surface area contributed by atoms with Crippen LogP contribution in [0.25, 0.3) is 11.3 Å². The van der Waals surface area contributed by atoms with Crippen LogP contribution in [0.5, 0.6) is 0 Å². The molecule has 0 unspecified atom stereocenters. The number of amides is 1. The zero-order valence-electron chi connectivity index (χ0n) is 15.4. The summed E-state index contributed by atoms with van der Waals surface area (Å²) in [4.78, 5) is 26.1. The maximum absolute atomic E-state index is 11.3. The lowest BCUT2D eigenvalue weighted by molar-refractivity contribution is 0.140. The summed E-state index contributed by atoms with van der Waals surface area (Å²) in [5.74, 6) is 1.10. The lowest BCUT2D eigenvalue weighted by Gasteiger charge is -2.33. The van der Waals surface area contributed by atoms with Gasteiger partial charge in [-0.05, 0) is 30.7 Å². The molecule has 8 heteroatoms. The van der Waals surface area contributed by atoms with E-state index in [-0.39, 0.29) is 5.95 Å². The summed E-state index contributed by atoms with van der Waals surface area (Å²) in [6.07, 6.45) is -0.143. The standard InChI is InChI=1S/C19H24N6O2/c1-23-6-8-24(9-7-23)17-11-16(21-18(20)22-17)14-3-2-13-4-5-25(19(26)27)12-15(13)10-14/h2-3,10-11H,4-9,12H2,1H3,(H,26,27)(H2,20,21,22). The monoisotopic (exact) mass is 368 g/mol. The van der Waals surface area contributed by atoms with Gasteiger partial charge in [-0.1, -0.05) is 12.1 Å². The van der Waals surface area contributed by atoms with Crippen molar-refractivity contribution >= 4 is 17.9 Å². The molecule has 1 aromatic carbocycles. The molecule has 27 heavy (non-hydrogen) atoms. The summed E-state index contributed by atoms with van der Waals surface area (Å²) in [5, 5.41) is 9.27. The van der Waals surface area contributed by atoms with Crippen molar-refractivity contribution in [1.29, 1.82) is 0 Å². The molecule has 0 bridgehead atoms. The number of nitrogen functional groups attached to an aromatic ring is 1. The second kappa shape index (κ2) is 7.03. The van der Waals surface area contributed by atoms with Gasteiger partial charge in [-0.3, -0.25) is 0 Å². The molecule has 2 aliphatic heterocycles. The number of piperazine rings is 1. The number of carboxylic acid groups (broad SMARTS) is 1. The van der Waals surface area contributed by atoms with Crippen molar-refractivity contribution in [3.63, 3.8) is 0 Å². The molecule has 1 fully saturated rings. The number of aromatic nitrogens is 2. The molecule has 0 saturated carbocycles. The molecule has 0 spiro atoms. The van der Waals surface area contributed by atoms with Crippen LogP contribution >= 0.6 is 0 Å². The van der Waals surface area contributed by atoms with Crippen molar-refractivity contribution in [2.24, 2.45) is 0 Å². The smallest absolute Gasteiger partial charge is 0.407 e. The number of hydrogen-bond acceptors (Lipinski definition) is 6. The van der Waals surface area contributed by atoms with Crippen LogP contribution in [0, 0.1) is 0 Å². The number of nitrogens with two attached hydrogens (primary N) is 1. The van der Waals surface area contributed by atoms with E-state index in [1.54, 1.807) is 0 Å². The first-order chi connectivity index (χ1) is 13.0.